The second-order valence-corrected chi connectivity index (χ2v) is 6.57. The van der Waals surface area contributed by atoms with Crippen molar-refractivity contribution in [3.8, 4) is 11.4 Å². The molecular weight excluding hydrogens is 350 g/mol. The van der Waals surface area contributed by atoms with E-state index in [1.807, 2.05) is 50.4 Å². The fourth-order valence-electron chi connectivity index (χ4n) is 2.49. The fraction of sp³-hybridized carbons (Fsp3) is 0.200. The van der Waals surface area contributed by atoms with Gasteiger partial charge in [-0.1, -0.05) is 29.8 Å². The van der Waals surface area contributed by atoms with Crippen LogP contribution in [-0.2, 0) is 11.2 Å². The molecule has 0 fully saturated rings. The molecule has 0 aliphatic heterocycles. The summed E-state index contributed by atoms with van der Waals surface area (Å²) in [7, 11) is 0. The molecule has 0 spiro atoms. The van der Waals surface area contributed by atoms with Crippen LogP contribution in [0.1, 0.15) is 19.4 Å². The van der Waals surface area contributed by atoms with E-state index in [1.165, 1.54) is 0 Å². The first kappa shape index (κ1) is 18.0. The van der Waals surface area contributed by atoms with Gasteiger partial charge in [-0.25, -0.2) is 4.68 Å². The van der Waals surface area contributed by atoms with Crippen LogP contribution in [0.3, 0.4) is 0 Å². The summed E-state index contributed by atoms with van der Waals surface area (Å²) >= 11 is 6.20. The van der Waals surface area contributed by atoms with E-state index in [0.717, 1.165) is 11.3 Å². The molecule has 0 atom stereocenters. The lowest BCUT2D eigenvalue weighted by molar-refractivity contribution is -0.115. The molecule has 0 aliphatic rings. The monoisotopic (exact) mass is 369 g/mol. The average Bonchev–Trinajstić information content (AvgIpc) is 3.06. The van der Waals surface area contributed by atoms with E-state index in [1.54, 1.807) is 29.1 Å². The van der Waals surface area contributed by atoms with Gasteiger partial charge in [-0.15, -0.1) is 0 Å². The van der Waals surface area contributed by atoms with Gasteiger partial charge in [0, 0.05) is 11.9 Å². The molecule has 26 heavy (non-hydrogen) atoms. The van der Waals surface area contributed by atoms with Crippen LogP contribution < -0.4 is 10.1 Å². The summed E-state index contributed by atoms with van der Waals surface area (Å²) in [5.41, 5.74) is 2.41. The zero-order valence-electron chi connectivity index (χ0n) is 14.6. The molecule has 0 saturated carbocycles. The van der Waals surface area contributed by atoms with Gasteiger partial charge in [-0.3, -0.25) is 4.79 Å². The first-order valence-electron chi connectivity index (χ1n) is 8.36. The molecule has 1 amide bonds. The van der Waals surface area contributed by atoms with Crippen LogP contribution in [0.15, 0.2) is 60.9 Å². The molecule has 2 aromatic carbocycles. The first-order valence-corrected chi connectivity index (χ1v) is 8.74. The lowest BCUT2D eigenvalue weighted by Gasteiger charge is -2.12. The Morgan fingerprint density at radius 1 is 1.23 bits per heavy atom. The van der Waals surface area contributed by atoms with Gasteiger partial charge in [0.05, 0.1) is 29.4 Å². The van der Waals surface area contributed by atoms with Gasteiger partial charge in [0.2, 0.25) is 5.91 Å². The second-order valence-electron chi connectivity index (χ2n) is 6.17. The summed E-state index contributed by atoms with van der Waals surface area (Å²) in [5.74, 6) is 0.468. The fourth-order valence-corrected chi connectivity index (χ4v) is 2.72. The molecule has 0 bridgehead atoms. The molecule has 1 aromatic heterocycles. The molecule has 3 rings (SSSR count). The Morgan fingerprint density at radius 3 is 2.69 bits per heavy atom. The number of carbonyl (C=O) groups excluding carboxylic acids is 1. The molecule has 0 aliphatic carbocycles. The maximum Gasteiger partial charge on any atom is 0.228 e. The summed E-state index contributed by atoms with van der Waals surface area (Å²) in [6.07, 6.45) is 3.81. The van der Waals surface area contributed by atoms with Crippen LogP contribution in [0, 0.1) is 0 Å². The van der Waals surface area contributed by atoms with Crippen molar-refractivity contribution in [3.63, 3.8) is 0 Å². The normalized spacial score (nSPS) is 10.8. The zero-order valence-corrected chi connectivity index (χ0v) is 15.4. The maximum absolute atomic E-state index is 12.3. The van der Waals surface area contributed by atoms with Gasteiger partial charge in [0.25, 0.3) is 0 Å². The number of rotatable bonds is 6. The van der Waals surface area contributed by atoms with E-state index >= 15 is 0 Å². The maximum atomic E-state index is 12.3. The minimum Gasteiger partial charge on any atom is -0.489 e. The summed E-state index contributed by atoms with van der Waals surface area (Å²) < 4.78 is 7.34. The summed E-state index contributed by atoms with van der Waals surface area (Å²) in [5, 5.41) is 7.61. The molecule has 134 valence electrons. The van der Waals surface area contributed by atoms with Gasteiger partial charge in [-0.2, -0.15) is 5.10 Å². The highest BCUT2D eigenvalue weighted by atomic mass is 35.5. The quantitative estimate of drug-likeness (QED) is 0.696. The van der Waals surface area contributed by atoms with Crippen molar-refractivity contribution >= 4 is 23.2 Å². The van der Waals surface area contributed by atoms with Crippen LogP contribution >= 0.6 is 11.6 Å². The Hall–Kier alpha value is -2.79. The highest BCUT2D eigenvalue weighted by Crippen LogP contribution is 2.28. The average molecular weight is 370 g/mol. The van der Waals surface area contributed by atoms with Crippen LogP contribution in [-0.4, -0.2) is 21.8 Å². The van der Waals surface area contributed by atoms with Crippen molar-refractivity contribution in [2.45, 2.75) is 26.4 Å². The second kappa shape index (κ2) is 8.06. The number of ether oxygens (including phenoxy) is 1. The van der Waals surface area contributed by atoms with Crippen LogP contribution in [0.4, 0.5) is 5.69 Å². The molecule has 1 heterocycles. The van der Waals surface area contributed by atoms with Crippen molar-refractivity contribution in [2.24, 2.45) is 0 Å². The Labute approximate surface area is 157 Å². The summed E-state index contributed by atoms with van der Waals surface area (Å²) in [6.45, 7) is 3.86. The molecule has 0 unspecified atom stereocenters. The Balaban J connectivity index is 1.63. The van der Waals surface area contributed by atoms with Crippen LogP contribution in [0.2, 0.25) is 5.02 Å². The third kappa shape index (κ3) is 4.64. The first-order chi connectivity index (χ1) is 12.5. The third-order valence-electron chi connectivity index (χ3n) is 3.60. The molecular formula is C20H20ClN3O2. The third-order valence-corrected chi connectivity index (χ3v) is 3.90. The van der Waals surface area contributed by atoms with Gasteiger partial charge < -0.3 is 10.1 Å². The number of nitrogens with one attached hydrogen (secondary N) is 1. The van der Waals surface area contributed by atoms with E-state index < -0.39 is 0 Å². The number of halogens is 1. The molecule has 0 saturated heterocycles. The van der Waals surface area contributed by atoms with Gasteiger partial charge in [-0.05, 0) is 49.7 Å². The Kier molecular flexibility index (Phi) is 5.58. The van der Waals surface area contributed by atoms with E-state index in [2.05, 4.69) is 10.4 Å². The van der Waals surface area contributed by atoms with Crippen molar-refractivity contribution < 1.29 is 9.53 Å². The van der Waals surface area contributed by atoms with Crippen molar-refractivity contribution in [1.82, 2.24) is 9.78 Å². The van der Waals surface area contributed by atoms with Crippen molar-refractivity contribution in [2.75, 3.05) is 5.32 Å². The van der Waals surface area contributed by atoms with E-state index in [0.29, 0.717) is 16.5 Å². The number of hydrogen-bond donors (Lipinski definition) is 1. The Morgan fingerprint density at radius 2 is 2.00 bits per heavy atom. The topological polar surface area (TPSA) is 56.1 Å². The number of aromatic nitrogens is 2. The Bertz CT molecular complexity index is 891. The van der Waals surface area contributed by atoms with Crippen molar-refractivity contribution in [3.05, 3.63) is 71.5 Å². The number of hydrogen-bond acceptors (Lipinski definition) is 3. The van der Waals surface area contributed by atoms with E-state index in [-0.39, 0.29) is 18.4 Å². The van der Waals surface area contributed by atoms with Gasteiger partial charge >= 0.3 is 0 Å². The standard InChI is InChI=1S/C20H20ClN3O2/c1-14(2)26-19-9-8-16(11-18(19)21)23-20(25)10-15-12-22-24(13-15)17-6-4-3-5-7-17/h3-9,11-14H,10H2,1-2H3,(H,23,25). The minimum absolute atomic E-state index is 0.0362. The number of carbonyl (C=O) groups is 1. The summed E-state index contributed by atoms with van der Waals surface area (Å²) in [4.78, 5) is 12.3. The highest BCUT2D eigenvalue weighted by Gasteiger charge is 2.10. The molecule has 1 N–H and O–H groups in total. The number of benzene rings is 2. The van der Waals surface area contributed by atoms with E-state index in [4.69, 9.17) is 16.3 Å². The van der Waals surface area contributed by atoms with Crippen LogP contribution in [0.25, 0.3) is 5.69 Å². The molecule has 3 aromatic rings. The SMILES string of the molecule is CC(C)Oc1ccc(NC(=O)Cc2cnn(-c3ccccc3)c2)cc1Cl. The lowest BCUT2D eigenvalue weighted by atomic mass is 10.2. The zero-order chi connectivity index (χ0) is 18.5. The lowest BCUT2D eigenvalue weighted by Crippen LogP contribution is -2.14. The number of anilines is 1. The number of nitrogens with zero attached hydrogens (tertiary/aromatic N) is 2. The smallest absolute Gasteiger partial charge is 0.228 e. The number of amides is 1. The largest absolute Gasteiger partial charge is 0.489 e. The van der Waals surface area contributed by atoms with Crippen molar-refractivity contribution in [1.29, 1.82) is 0 Å². The minimum atomic E-state index is -0.133. The van der Waals surface area contributed by atoms with Crippen LogP contribution in [0.5, 0.6) is 5.75 Å². The molecule has 6 heteroatoms. The molecule has 5 nitrogen and oxygen atoms in total. The number of para-hydroxylation sites is 1. The highest BCUT2D eigenvalue weighted by molar-refractivity contribution is 6.32. The molecule has 0 radical (unpaired) electrons. The predicted octanol–water partition coefficient (Wildman–Crippen LogP) is 4.49. The summed E-state index contributed by atoms with van der Waals surface area (Å²) in [6, 6.07) is 15.0. The van der Waals surface area contributed by atoms with E-state index in [9.17, 15) is 4.79 Å². The predicted molar refractivity (Wildman–Crippen MR) is 103 cm³/mol. The van der Waals surface area contributed by atoms with Gasteiger partial charge in [0.1, 0.15) is 5.75 Å². The van der Waals surface area contributed by atoms with Gasteiger partial charge in [0.15, 0.2) is 0 Å².